The summed E-state index contributed by atoms with van der Waals surface area (Å²) in [6.45, 7) is 0. The standard InChI is InChI=1S/C13H15F2NO2/c14-13(15)6-5-8(7-13)11(12(16)18)9-3-1-2-4-10(9)17/h1-4,8,11,17H,5-7H2,(H2,16,18)/t8-,11-/m1/s1. The van der Waals surface area contributed by atoms with Crippen LogP contribution in [0.15, 0.2) is 24.3 Å². The van der Waals surface area contributed by atoms with Crippen LogP contribution in [0.3, 0.4) is 0 Å². The molecule has 0 unspecified atom stereocenters. The summed E-state index contributed by atoms with van der Waals surface area (Å²) in [5, 5.41) is 9.72. The monoisotopic (exact) mass is 255 g/mol. The lowest BCUT2D eigenvalue weighted by atomic mass is 9.83. The second kappa shape index (κ2) is 4.55. The van der Waals surface area contributed by atoms with Gasteiger partial charge in [0.2, 0.25) is 11.8 Å². The minimum absolute atomic E-state index is 0.0727. The number of hydrogen-bond acceptors (Lipinski definition) is 2. The highest BCUT2D eigenvalue weighted by Gasteiger charge is 2.44. The maximum absolute atomic E-state index is 13.2. The van der Waals surface area contributed by atoms with Gasteiger partial charge in [0, 0.05) is 18.4 Å². The highest BCUT2D eigenvalue weighted by Crippen LogP contribution is 2.46. The summed E-state index contributed by atoms with van der Waals surface area (Å²) >= 11 is 0. The number of hydrogen-bond donors (Lipinski definition) is 2. The number of aromatic hydroxyl groups is 1. The van der Waals surface area contributed by atoms with Crippen molar-refractivity contribution in [1.82, 2.24) is 0 Å². The Kier molecular flexibility index (Phi) is 3.24. The largest absolute Gasteiger partial charge is 0.508 e. The first-order chi connectivity index (χ1) is 8.41. The van der Waals surface area contributed by atoms with E-state index in [1.165, 1.54) is 6.07 Å². The Morgan fingerprint density at radius 1 is 1.44 bits per heavy atom. The number of benzene rings is 1. The molecule has 1 amide bonds. The van der Waals surface area contributed by atoms with Gasteiger partial charge in [-0.1, -0.05) is 18.2 Å². The SMILES string of the molecule is NC(=O)[C@@H](c1ccccc1O)[C@@H]1CCC(F)(F)C1. The summed E-state index contributed by atoms with van der Waals surface area (Å²) in [6, 6.07) is 6.25. The van der Waals surface area contributed by atoms with Crippen LogP contribution in [0.2, 0.25) is 0 Å². The molecule has 2 rings (SSSR count). The zero-order valence-electron chi connectivity index (χ0n) is 9.77. The minimum Gasteiger partial charge on any atom is -0.508 e. The summed E-state index contributed by atoms with van der Waals surface area (Å²) in [5.74, 6) is -4.83. The molecule has 5 heteroatoms. The molecule has 0 spiro atoms. The Morgan fingerprint density at radius 2 is 2.11 bits per heavy atom. The van der Waals surface area contributed by atoms with E-state index in [0.717, 1.165) is 0 Å². The second-order valence-electron chi connectivity index (χ2n) is 4.80. The summed E-state index contributed by atoms with van der Waals surface area (Å²) in [6.07, 6.45) is -0.334. The van der Waals surface area contributed by atoms with E-state index in [2.05, 4.69) is 0 Å². The van der Waals surface area contributed by atoms with Crippen LogP contribution >= 0.6 is 0 Å². The van der Waals surface area contributed by atoms with Crippen molar-refractivity contribution in [1.29, 1.82) is 0 Å². The highest BCUT2D eigenvalue weighted by molar-refractivity contribution is 5.83. The van der Waals surface area contributed by atoms with Gasteiger partial charge in [0.05, 0.1) is 5.92 Å². The molecule has 3 nitrogen and oxygen atoms in total. The highest BCUT2D eigenvalue weighted by atomic mass is 19.3. The Morgan fingerprint density at radius 3 is 2.61 bits per heavy atom. The van der Waals surface area contributed by atoms with Gasteiger partial charge in [-0.25, -0.2) is 8.78 Å². The molecule has 1 saturated carbocycles. The summed E-state index contributed by atoms with van der Waals surface area (Å²) < 4.78 is 26.4. The van der Waals surface area contributed by atoms with Gasteiger partial charge in [0.25, 0.3) is 0 Å². The molecule has 1 aromatic rings. The Labute approximate surface area is 104 Å². The number of nitrogens with two attached hydrogens (primary N) is 1. The lowest BCUT2D eigenvalue weighted by molar-refractivity contribution is -0.120. The number of alkyl halides is 2. The zero-order chi connectivity index (χ0) is 13.3. The normalized spacial score (nSPS) is 23.8. The van der Waals surface area contributed by atoms with Crippen LogP contribution in [-0.2, 0) is 4.79 Å². The number of halogens is 2. The van der Waals surface area contributed by atoms with Gasteiger partial charge in [0.15, 0.2) is 0 Å². The number of rotatable bonds is 3. The average Bonchev–Trinajstić information content (AvgIpc) is 2.61. The van der Waals surface area contributed by atoms with E-state index >= 15 is 0 Å². The first-order valence-corrected chi connectivity index (χ1v) is 5.86. The molecular formula is C13H15F2NO2. The van der Waals surface area contributed by atoms with Gasteiger partial charge >= 0.3 is 0 Å². The van der Waals surface area contributed by atoms with Crippen molar-refractivity contribution in [2.24, 2.45) is 11.7 Å². The topological polar surface area (TPSA) is 63.3 Å². The Bertz CT molecular complexity index is 462. The number of amides is 1. The van der Waals surface area contributed by atoms with Crippen molar-refractivity contribution in [3.63, 3.8) is 0 Å². The predicted molar refractivity (Wildman–Crippen MR) is 62.3 cm³/mol. The maximum Gasteiger partial charge on any atom is 0.248 e. The maximum atomic E-state index is 13.2. The fourth-order valence-electron chi connectivity index (χ4n) is 2.66. The number of carbonyl (C=O) groups excluding carboxylic acids is 1. The van der Waals surface area contributed by atoms with Crippen molar-refractivity contribution in [2.45, 2.75) is 31.1 Å². The molecule has 0 heterocycles. The van der Waals surface area contributed by atoms with Crippen molar-refractivity contribution < 1.29 is 18.7 Å². The lowest BCUT2D eigenvalue weighted by Crippen LogP contribution is -2.28. The van der Waals surface area contributed by atoms with E-state index in [0.29, 0.717) is 5.56 Å². The molecule has 1 fully saturated rings. The van der Waals surface area contributed by atoms with Crippen LogP contribution in [0, 0.1) is 5.92 Å². The fraction of sp³-hybridized carbons (Fsp3) is 0.462. The summed E-state index contributed by atoms with van der Waals surface area (Å²) in [5.41, 5.74) is 5.65. The molecule has 2 atom stereocenters. The molecule has 0 aliphatic heterocycles. The Hall–Kier alpha value is -1.65. The molecule has 1 aliphatic carbocycles. The fourth-order valence-corrected chi connectivity index (χ4v) is 2.66. The molecule has 0 saturated heterocycles. The predicted octanol–water partition coefficient (Wildman–Crippen LogP) is 2.40. The van der Waals surface area contributed by atoms with E-state index < -0.39 is 23.7 Å². The van der Waals surface area contributed by atoms with Crippen molar-refractivity contribution in [3.8, 4) is 5.75 Å². The Balaban J connectivity index is 2.31. The summed E-state index contributed by atoms with van der Waals surface area (Å²) in [4.78, 5) is 11.5. The van der Waals surface area contributed by atoms with E-state index in [-0.39, 0.29) is 25.0 Å². The van der Waals surface area contributed by atoms with E-state index in [9.17, 15) is 18.7 Å². The van der Waals surface area contributed by atoms with E-state index in [1.54, 1.807) is 18.2 Å². The molecule has 1 aliphatic rings. The van der Waals surface area contributed by atoms with Gasteiger partial charge in [-0.3, -0.25) is 4.79 Å². The quantitative estimate of drug-likeness (QED) is 0.871. The van der Waals surface area contributed by atoms with Crippen LogP contribution < -0.4 is 5.73 Å². The van der Waals surface area contributed by atoms with Gasteiger partial charge in [-0.05, 0) is 18.4 Å². The van der Waals surface area contributed by atoms with Gasteiger partial charge in [-0.2, -0.15) is 0 Å². The summed E-state index contributed by atoms with van der Waals surface area (Å²) in [7, 11) is 0. The van der Waals surface area contributed by atoms with E-state index in [4.69, 9.17) is 5.73 Å². The minimum atomic E-state index is -2.73. The average molecular weight is 255 g/mol. The van der Waals surface area contributed by atoms with Crippen LogP contribution in [0.4, 0.5) is 8.78 Å². The second-order valence-corrected chi connectivity index (χ2v) is 4.80. The third-order valence-electron chi connectivity index (χ3n) is 3.49. The molecule has 0 radical (unpaired) electrons. The molecule has 0 bridgehead atoms. The number of phenolic OH excluding ortho intramolecular Hbond substituents is 1. The third kappa shape index (κ3) is 2.44. The molecule has 1 aromatic carbocycles. The first-order valence-electron chi connectivity index (χ1n) is 5.86. The van der Waals surface area contributed by atoms with Crippen LogP contribution in [0.1, 0.15) is 30.7 Å². The first kappa shape index (κ1) is 12.8. The van der Waals surface area contributed by atoms with Crippen LogP contribution in [0.25, 0.3) is 0 Å². The zero-order valence-corrected chi connectivity index (χ0v) is 9.77. The molecule has 0 aromatic heterocycles. The molecule has 98 valence electrons. The molecule has 3 N–H and O–H groups in total. The van der Waals surface area contributed by atoms with Gasteiger partial charge < -0.3 is 10.8 Å². The number of phenols is 1. The van der Waals surface area contributed by atoms with Crippen molar-refractivity contribution >= 4 is 5.91 Å². The van der Waals surface area contributed by atoms with E-state index in [1.807, 2.05) is 0 Å². The smallest absolute Gasteiger partial charge is 0.248 e. The molecular weight excluding hydrogens is 240 g/mol. The van der Waals surface area contributed by atoms with Crippen molar-refractivity contribution in [2.75, 3.05) is 0 Å². The van der Waals surface area contributed by atoms with Crippen LogP contribution in [-0.4, -0.2) is 16.9 Å². The van der Waals surface area contributed by atoms with Crippen LogP contribution in [0.5, 0.6) is 5.75 Å². The number of para-hydroxylation sites is 1. The van der Waals surface area contributed by atoms with Gasteiger partial charge in [-0.15, -0.1) is 0 Å². The number of primary amides is 1. The van der Waals surface area contributed by atoms with Crippen molar-refractivity contribution in [3.05, 3.63) is 29.8 Å². The molecule has 18 heavy (non-hydrogen) atoms. The third-order valence-corrected chi connectivity index (χ3v) is 3.49. The lowest BCUT2D eigenvalue weighted by Gasteiger charge is -2.21. The van der Waals surface area contributed by atoms with Gasteiger partial charge in [0.1, 0.15) is 5.75 Å². The number of carbonyl (C=O) groups is 1.